The lowest BCUT2D eigenvalue weighted by atomic mass is 9.95. The molecule has 4 saturated heterocycles. The van der Waals surface area contributed by atoms with Crippen molar-refractivity contribution >= 4 is 36.0 Å². The normalized spacial score (nSPS) is 33.9. The van der Waals surface area contributed by atoms with Crippen LogP contribution in [-0.4, -0.2) is 249 Å². The van der Waals surface area contributed by atoms with Crippen LogP contribution in [0.4, 0.5) is 0 Å². The van der Waals surface area contributed by atoms with Gasteiger partial charge >= 0.3 is 23.9 Å². The molecule has 19 atom stereocenters. The van der Waals surface area contributed by atoms with E-state index in [0.717, 1.165) is 19.1 Å². The predicted octanol–water partition coefficient (Wildman–Crippen LogP) is -3.35. The SMILES string of the molecule is COc1cc(/C=C/C(=O)O[C@H]2[C@H](O[C@@H]3O[C@H](CO)[C@@H](O)[C@H](O)[C@H]3O)[C@@H](O[C@@H]3O[C@H](CO)[C@@H](O)[C@H](O)[C@H]3O)[C@@H](O[C@]3(COC(=O)/C=C/c4ccc(O)cc4OC)O[C@H](CO)[C@@H](O)[C@@H]3OC(=O)c3ccccc3)O[C@@H]2COC(C)=O)ccc1O. The Kier molecular flexibility index (Phi) is 21.7. The molecule has 4 heterocycles. The molecule has 4 aliphatic rings. The number of phenolic OH excluding ortho intramolecular Hbond substituents is 2. The number of carbonyl (C=O) groups is 4. The molecule has 29 heteroatoms. The highest BCUT2D eigenvalue weighted by Gasteiger charge is 2.64. The standard InChI is InChI=1S/C53H64O29/c1-24(57)72-22-35-45(77-37(61)15-10-25-9-14-29(59)31(17-25)71-3)46(78-50-43(67)41(65)38(62)32(19-54)74-50)47(79-51-44(68)42(66)39(63)33(20-55)75-51)52(76-35)82-53(23-73-36(60)16-12-26-11-13-28(58)18-30(26)70-2)48(40(64)34(21-56)81-53)80-49(69)27-7-5-4-6-8-27/h4-18,32-35,38-48,50-52,54-56,58-59,62-68H,19-23H2,1-3H3/b15-10+,16-12+/t32-,33-,34-,35-,38-,39-,40-,41+,42+,43-,44-,45-,46+,47-,48+,50+,51+,52-,53+/m1/s1. The Bertz CT molecular complexity index is 2690. The molecule has 7 rings (SSSR count). The van der Waals surface area contributed by atoms with E-state index in [-0.39, 0.29) is 39.7 Å². The van der Waals surface area contributed by atoms with E-state index in [1.165, 1.54) is 87.0 Å². The van der Waals surface area contributed by atoms with Crippen LogP contribution in [-0.2, 0) is 66.5 Å². The first-order chi connectivity index (χ1) is 39.1. The van der Waals surface area contributed by atoms with Crippen LogP contribution in [0.3, 0.4) is 0 Å². The lowest BCUT2D eigenvalue weighted by Crippen LogP contribution is -2.69. The minimum Gasteiger partial charge on any atom is -0.508 e. The van der Waals surface area contributed by atoms with Crippen molar-refractivity contribution in [3.63, 3.8) is 0 Å². The molecule has 4 aliphatic heterocycles. The van der Waals surface area contributed by atoms with Crippen molar-refractivity contribution in [2.45, 2.75) is 123 Å². The van der Waals surface area contributed by atoms with Gasteiger partial charge in [-0.1, -0.05) is 24.3 Å². The zero-order valence-corrected chi connectivity index (χ0v) is 43.9. The third-order valence-electron chi connectivity index (χ3n) is 13.4. The number of hydrogen-bond acceptors (Lipinski definition) is 29. The Morgan fingerprint density at radius 3 is 1.78 bits per heavy atom. The number of aliphatic hydroxyl groups is 10. The van der Waals surface area contributed by atoms with Gasteiger partial charge < -0.3 is 123 Å². The van der Waals surface area contributed by atoms with E-state index >= 15 is 0 Å². The zero-order valence-electron chi connectivity index (χ0n) is 43.9. The zero-order chi connectivity index (χ0) is 59.6. The average molecular weight is 1170 g/mol. The maximum atomic E-state index is 14.1. The van der Waals surface area contributed by atoms with E-state index in [9.17, 15) is 80.5 Å². The number of carbonyl (C=O) groups excluding carboxylic acids is 4. The number of benzene rings is 3. The molecule has 450 valence electrons. The molecule has 0 unspecified atom stereocenters. The van der Waals surface area contributed by atoms with Gasteiger partial charge in [0.25, 0.3) is 0 Å². The van der Waals surface area contributed by atoms with Gasteiger partial charge in [0.1, 0.15) is 104 Å². The van der Waals surface area contributed by atoms with Crippen molar-refractivity contribution in [3.05, 3.63) is 95.6 Å². The number of ether oxygens (including phenoxy) is 13. The highest BCUT2D eigenvalue weighted by Crippen LogP contribution is 2.42. The van der Waals surface area contributed by atoms with Crippen LogP contribution in [0.25, 0.3) is 12.2 Å². The van der Waals surface area contributed by atoms with Gasteiger partial charge in [0, 0.05) is 30.7 Å². The molecule has 0 aromatic heterocycles. The van der Waals surface area contributed by atoms with E-state index in [0.29, 0.717) is 0 Å². The Balaban J connectivity index is 1.39. The number of rotatable bonds is 22. The molecule has 0 spiro atoms. The van der Waals surface area contributed by atoms with Crippen LogP contribution in [0.1, 0.15) is 28.4 Å². The summed E-state index contributed by atoms with van der Waals surface area (Å²) in [7, 11) is 2.56. The lowest BCUT2D eigenvalue weighted by molar-refractivity contribution is -0.421. The molecular weight excluding hydrogens is 1100 g/mol. The number of phenols is 2. The minimum atomic E-state index is -2.93. The third-order valence-corrected chi connectivity index (χ3v) is 13.4. The van der Waals surface area contributed by atoms with Crippen molar-refractivity contribution in [3.8, 4) is 23.0 Å². The van der Waals surface area contributed by atoms with E-state index in [4.69, 9.17) is 61.6 Å². The molecule has 0 amide bonds. The fraction of sp³-hybridized carbons (Fsp3) is 0.509. The van der Waals surface area contributed by atoms with E-state index in [2.05, 4.69) is 0 Å². The van der Waals surface area contributed by atoms with Crippen LogP contribution >= 0.6 is 0 Å². The topological polar surface area (TPSA) is 431 Å². The molecular formula is C53H64O29. The van der Waals surface area contributed by atoms with Crippen LogP contribution < -0.4 is 9.47 Å². The quantitative estimate of drug-likeness (QED) is 0.0266. The second kappa shape index (κ2) is 28.2. The molecule has 3 aromatic rings. The minimum absolute atomic E-state index is 0.00440. The first-order valence-electron chi connectivity index (χ1n) is 25.2. The maximum absolute atomic E-state index is 14.1. The highest BCUT2D eigenvalue weighted by atomic mass is 16.8. The van der Waals surface area contributed by atoms with Crippen molar-refractivity contribution in [2.24, 2.45) is 0 Å². The van der Waals surface area contributed by atoms with Gasteiger partial charge in [-0.05, 0) is 54.1 Å². The summed E-state index contributed by atoms with van der Waals surface area (Å²) in [5.41, 5.74) is 0.401. The van der Waals surface area contributed by atoms with Crippen molar-refractivity contribution in [2.75, 3.05) is 47.3 Å². The summed E-state index contributed by atoms with van der Waals surface area (Å²) in [6.45, 7) is -4.29. The summed E-state index contributed by atoms with van der Waals surface area (Å²) in [6, 6.07) is 15.1. The molecule has 12 N–H and O–H groups in total. The maximum Gasteiger partial charge on any atom is 0.338 e. The number of esters is 4. The number of aliphatic hydroxyl groups excluding tert-OH is 10. The first-order valence-corrected chi connectivity index (χ1v) is 25.2. The fourth-order valence-corrected chi connectivity index (χ4v) is 9.12. The summed E-state index contributed by atoms with van der Waals surface area (Å²) in [4.78, 5) is 54.4. The molecule has 3 aromatic carbocycles. The molecule has 82 heavy (non-hydrogen) atoms. The molecule has 0 aliphatic carbocycles. The van der Waals surface area contributed by atoms with Gasteiger partial charge in [0.2, 0.25) is 5.79 Å². The smallest absolute Gasteiger partial charge is 0.338 e. The largest absolute Gasteiger partial charge is 0.508 e. The van der Waals surface area contributed by atoms with Gasteiger partial charge in [-0.15, -0.1) is 0 Å². The highest BCUT2D eigenvalue weighted by molar-refractivity contribution is 5.90. The Morgan fingerprint density at radius 1 is 0.585 bits per heavy atom. The van der Waals surface area contributed by atoms with Gasteiger partial charge in [-0.25, -0.2) is 14.4 Å². The summed E-state index contributed by atoms with van der Waals surface area (Å²) in [5, 5.41) is 129. The third kappa shape index (κ3) is 14.6. The monoisotopic (exact) mass is 1160 g/mol. The van der Waals surface area contributed by atoms with E-state index in [1.807, 2.05) is 0 Å². The van der Waals surface area contributed by atoms with Crippen molar-refractivity contribution < 1.29 is 142 Å². The molecule has 0 bridgehead atoms. The number of aromatic hydroxyl groups is 2. The Morgan fingerprint density at radius 2 is 1.18 bits per heavy atom. The Labute approximate surface area is 466 Å². The summed E-state index contributed by atoms with van der Waals surface area (Å²) in [5.74, 6) is -7.83. The van der Waals surface area contributed by atoms with Crippen LogP contribution in [0.2, 0.25) is 0 Å². The van der Waals surface area contributed by atoms with Crippen LogP contribution in [0.15, 0.2) is 78.9 Å². The van der Waals surface area contributed by atoms with E-state index in [1.54, 1.807) is 6.07 Å². The van der Waals surface area contributed by atoms with E-state index < -0.39 is 173 Å². The fourth-order valence-electron chi connectivity index (χ4n) is 9.12. The van der Waals surface area contributed by atoms with Gasteiger partial charge in [-0.2, -0.15) is 0 Å². The summed E-state index contributed by atoms with van der Waals surface area (Å²) in [6.07, 6.45) is -33.6. The van der Waals surface area contributed by atoms with Gasteiger partial charge in [0.15, 0.2) is 42.6 Å². The lowest BCUT2D eigenvalue weighted by Gasteiger charge is -2.50. The average Bonchev–Trinajstić information content (AvgIpc) is 3.86. The molecule has 4 fully saturated rings. The van der Waals surface area contributed by atoms with Crippen LogP contribution in [0.5, 0.6) is 23.0 Å². The summed E-state index contributed by atoms with van der Waals surface area (Å²) < 4.78 is 76.4. The second-order valence-corrected chi connectivity index (χ2v) is 18.9. The van der Waals surface area contributed by atoms with Gasteiger partial charge in [-0.3, -0.25) is 4.79 Å². The second-order valence-electron chi connectivity index (χ2n) is 18.9. The first kappa shape index (κ1) is 63.1. The number of hydrogen-bond donors (Lipinski definition) is 12. The summed E-state index contributed by atoms with van der Waals surface area (Å²) >= 11 is 0. The Hall–Kier alpha value is -6.46. The van der Waals surface area contributed by atoms with Crippen molar-refractivity contribution in [1.29, 1.82) is 0 Å². The van der Waals surface area contributed by atoms with Crippen molar-refractivity contribution in [1.82, 2.24) is 0 Å². The molecule has 29 nitrogen and oxygen atoms in total. The molecule has 0 saturated carbocycles. The van der Waals surface area contributed by atoms with Gasteiger partial charge in [0.05, 0.1) is 39.6 Å². The van der Waals surface area contributed by atoms with Crippen LogP contribution in [0, 0.1) is 0 Å². The number of methoxy groups -OCH3 is 2. The molecule has 0 radical (unpaired) electrons. The predicted molar refractivity (Wildman–Crippen MR) is 268 cm³/mol.